The molecule has 11 heteroatoms. The largest absolute Gasteiger partial charge is 0.394 e. The highest BCUT2D eigenvalue weighted by Crippen LogP contribution is 2.31. The summed E-state index contributed by atoms with van der Waals surface area (Å²) >= 11 is 0. The van der Waals surface area contributed by atoms with Crippen molar-refractivity contribution >= 4 is 17.1 Å². The molecule has 0 bridgehead atoms. The van der Waals surface area contributed by atoms with Crippen LogP contribution < -0.4 is 10.9 Å². The number of rotatable bonds is 5. The number of ether oxygens (including phenoxy) is 1. The van der Waals surface area contributed by atoms with E-state index in [1.165, 1.54) is 24.1 Å². The number of amides is 1. The Labute approximate surface area is 136 Å². The Kier molecular flexibility index (Phi) is 4.69. The normalized spacial score (nSPS) is 26.8. The number of nitrogens with one attached hydrogen (secondary N) is 2. The topological polar surface area (TPSA) is 155 Å². The van der Waals surface area contributed by atoms with Gasteiger partial charge in [-0.05, 0) is 0 Å². The summed E-state index contributed by atoms with van der Waals surface area (Å²) in [5, 5.41) is 29.2. The Morgan fingerprint density at radius 2 is 2.12 bits per heavy atom. The molecule has 1 saturated heterocycles. The molecule has 2 aromatic rings. The molecule has 5 N–H and O–H groups in total. The van der Waals surface area contributed by atoms with Gasteiger partial charge < -0.3 is 20.1 Å². The van der Waals surface area contributed by atoms with Crippen LogP contribution in [0.2, 0.25) is 0 Å². The fourth-order valence-corrected chi connectivity index (χ4v) is 2.58. The molecule has 0 aliphatic carbocycles. The van der Waals surface area contributed by atoms with Crippen LogP contribution in [0.3, 0.4) is 0 Å². The monoisotopic (exact) mass is 338 g/mol. The Morgan fingerprint density at radius 3 is 2.79 bits per heavy atom. The first-order chi connectivity index (χ1) is 11.5. The standard InChI is InChI=1S/C13H18N6O5/c1-6(21)18-17-2-7-9-12(15-4-14-7)19(5-16-9)13-11(23)10(22)8(3-20)24-13/h4-5,8,10-11,13,17,20,22-23H,2-3H2,1H3,(H,18,21)/t8-,10-,11-,13-/m1/s1. The highest BCUT2D eigenvalue weighted by Gasteiger charge is 2.43. The van der Waals surface area contributed by atoms with Crippen molar-refractivity contribution in [1.82, 2.24) is 30.4 Å². The summed E-state index contributed by atoms with van der Waals surface area (Å²) < 4.78 is 6.95. The van der Waals surface area contributed by atoms with Crippen molar-refractivity contribution in [2.24, 2.45) is 0 Å². The zero-order chi connectivity index (χ0) is 17.3. The molecule has 0 saturated carbocycles. The van der Waals surface area contributed by atoms with Crippen LogP contribution in [-0.4, -0.2) is 65.7 Å². The zero-order valence-electron chi connectivity index (χ0n) is 12.8. The lowest BCUT2D eigenvalue weighted by Gasteiger charge is -2.16. The van der Waals surface area contributed by atoms with Crippen LogP contribution in [0.4, 0.5) is 0 Å². The van der Waals surface area contributed by atoms with E-state index in [2.05, 4.69) is 25.8 Å². The number of hydrogen-bond acceptors (Lipinski definition) is 9. The summed E-state index contributed by atoms with van der Waals surface area (Å²) in [6.07, 6.45) is -1.50. The number of hydrazine groups is 1. The summed E-state index contributed by atoms with van der Waals surface area (Å²) in [4.78, 5) is 23.4. The third-order valence-corrected chi connectivity index (χ3v) is 3.75. The SMILES string of the molecule is CC(=O)NNCc1ncnc2c1ncn2[C@@H]1O[C@H](CO)[C@@H](O)[C@H]1O. The van der Waals surface area contributed by atoms with Crippen molar-refractivity contribution in [3.8, 4) is 0 Å². The summed E-state index contributed by atoms with van der Waals surface area (Å²) in [5.74, 6) is -0.239. The maximum Gasteiger partial charge on any atom is 0.230 e. The van der Waals surface area contributed by atoms with E-state index in [9.17, 15) is 20.1 Å². The van der Waals surface area contributed by atoms with Gasteiger partial charge in [-0.1, -0.05) is 0 Å². The van der Waals surface area contributed by atoms with Gasteiger partial charge >= 0.3 is 0 Å². The van der Waals surface area contributed by atoms with Crippen LogP contribution in [0, 0.1) is 0 Å². The Morgan fingerprint density at radius 1 is 1.33 bits per heavy atom. The lowest BCUT2D eigenvalue weighted by Crippen LogP contribution is -2.35. The predicted octanol–water partition coefficient (Wildman–Crippen LogP) is -2.42. The van der Waals surface area contributed by atoms with Crippen molar-refractivity contribution in [2.45, 2.75) is 38.0 Å². The van der Waals surface area contributed by atoms with E-state index in [-0.39, 0.29) is 12.5 Å². The van der Waals surface area contributed by atoms with E-state index in [1.54, 1.807) is 0 Å². The van der Waals surface area contributed by atoms with Crippen LogP contribution in [-0.2, 0) is 16.1 Å². The lowest BCUT2D eigenvalue weighted by atomic mass is 10.1. The minimum Gasteiger partial charge on any atom is -0.394 e. The molecule has 24 heavy (non-hydrogen) atoms. The number of fused-ring (bicyclic) bond motifs is 1. The molecular weight excluding hydrogens is 320 g/mol. The van der Waals surface area contributed by atoms with Crippen LogP contribution in [0.5, 0.6) is 0 Å². The average molecular weight is 338 g/mol. The van der Waals surface area contributed by atoms with Crippen molar-refractivity contribution in [1.29, 1.82) is 0 Å². The van der Waals surface area contributed by atoms with Crippen LogP contribution in [0.1, 0.15) is 18.8 Å². The molecule has 0 radical (unpaired) electrons. The first-order valence-corrected chi connectivity index (χ1v) is 7.31. The van der Waals surface area contributed by atoms with Gasteiger partial charge in [0.1, 0.15) is 30.2 Å². The summed E-state index contributed by atoms with van der Waals surface area (Å²) in [6, 6.07) is 0. The Balaban J connectivity index is 1.87. The van der Waals surface area contributed by atoms with E-state index in [4.69, 9.17) is 4.74 Å². The minimum absolute atomic E-state index is 0.228. The number of aromatic nitrogens is 4. The van der Waals surface area contributed by atoms with Gasteiger partial charge in [0.05, 0.1) is 25.2 Å². The van der Waals surface area contributed by atoms with Crippen LogP contribution in [0.25, 0.3) is 11.2 Å². The smallest absolute Gasteiger partial charge is 0.230 e. The van der Waals surface area contributed by atoms with E-state index >= 15 is 0 Å². The van der Waals surface area contributed by atoms with Gasteiger partial charge in [0.2, 0.25) is 5.91 Å². The number of aliphatic hydroxyl groups is 3. The van der Waals surface area contributed by atoms with Gasteiger partial charge in [-0.25, -0.2) is 20.4 Å². The molecule has 0 spiro atoms. The molecule has 0 unspecified atom stereocenters. The van der Waals surface area contributed by atoms with E-state index in [0.717, 1.165) is 0 Å². The molecule has 4 atom stereocenters. The zero-order valence-corrected chi connectivity index (χ0v) is 12.8. The fourth-order valence-electron chi connectivity index (χ4n) is 2.58. The van der Waals surface area contributed by atoms with Gasteiger partial charge in [-0.3, -0.25) is 14.8 Å². The first kappa shape index (κ1) is 16.7. The van der Waals surface area contributed by atoms with Gasteiger partial charge in [0, 0.05) is 6.92 Å². The highest BCUT2D eigenvalue weighted by atomic mass is 16.6. The maximum atomic E-state index is 10.9. The summed E-state index contributed by atoms with van der Waals surface area (Å²) in [7, 11) is 0. The molecule has 11 nitrogen and oxygen atoms in total. The molecule has 2 aromatic heterocycles. The second kappa shape index (κ2) is 6.75. The number of hydrogen-bond donors (Lipinski definition) is 5. The molecule has 1 amide bonds. The molecule has 3 heterocycles. The predicted molar refractivity (Wildman–Crippen MR) is 79.0 cm³/mol. The Bertz CT molecular complexity index is 737. The van der Waals surface area contributed by atoms with Crippen molar-refractivity contribution in [2.75, 3.05) is 6.61 Å². The van der Waals surface area contributed by atoms with Gasteiger partial charge in [0.25, 0.3) is 0 Å². The number of imidazole rings is 1. The van der Waals surface area contributed by atoms with Gasteiger partial charge in [-0.2, -0.15) is 0 Å². The Hall–Kier alpha value is -2.18. The number of carbonyl (C=O) groups is 1. The van der Waals surface area contributed by atoms with Gasteiger partial charge in [0.15, 0.2) is 11.9 Å². The molecule has 0 aromatic carbocycles. The fraction of sp³-hybridized carbons (Fsp3) is 0.538. The van der Waals surface area contributed by atoms with Crippen LogP contribution in [0.15, 0.2) is 12.7 Å². The third-order valence-electron chi connectivity index (χ3n) is 3.75. The van der Waals surface area contributed by atoms with E-state index in [0.29, 0.717) is 16.9 Å². The third kappa shape index (κ3) is 2.95. The first-order valence-electron chi connectivity index (χ1n) is 7.31. The number of carbonyl (C=O) groups excluding carboxylic acids is 1. The van der Waals surface area contributed by atoms with Crippen molar-refractivity contribution in [3.63, 3.8) is 0 Å². The highest BCUT2D eigenvalue weighted by molar-refractivity contribution is 5.74. The number of nitrogens with zero attached hydrogens (tertiary/aromatic N) is 4. The maximum absolute atomic E-state index is 10.9. The second-order valence-electron chi connectivity index (χ2n) is 5.41. The molecule has 3 rings (SSSR count). The van der Waals surface area contributed by atoms with E-state index < -0.39 is 31.1 Å². The van der Waals surface area contributed by atoms with E-state index in [1.807, 2.05) is 0 Å². The molecule has 1 aliphatic rings. The average Bonchev–Trinajstić information content (AvgIpc) is 3.10. The minimum atomic E-state index is -1.23. The summed E-state index contributed by atoms with van der Waals surface area (Å²) in [5.41, 5.74) is 6.56. The van der Waals surface area contributed by atoms with Crippen molar-refractivity contribution in [3.05, 3.63) is 18.3 Å². The molecule has 130 valence electrons. The molecular formula is C13H18N6O5. The summed E-state index contributed by atoms with van der Waals surface area (Å²) in [6.45, 7) is 1.19. The lowest BCUT2D eigenvalue weighted by molar-refractivity contribution is -0.119. The van der Waals surface area contributed by atoms with Gasteiger partial charge in [-0.15, -0.1) is 0 Å². The molecule has 1 aliphatic heterocycles. The second-order valence-corrected chi connectivity index (χ2v) is 5.41. The van der Waals surface area contributed by atoms with Crippen molar-refractivity contribution < 1.29 is 24.9 Å². The number of aliphatic hydroxyl groups excluding tert-OH is 3. The van der Waals surface area contributed by atoms with Crippen LogP contribution >= 0.6 is 0 Å². The quantitative estimate of drug-likeness (QED) is 0.374. The molecule has 1 fully saturated rings.